The first-order chi connectivity index (χ1) is 11.6. The molecule has 1 amide bonds. The van der Waals surface area contributed by atoms with Crippen LogP contribution in [0.5, 0.6) is 0 Å². The number of likely N-dealkylation sites (tertiary alicyclic amines) is 1. The minimum Gasteiger partial charge on any atom is -0.341 e. The Labute approximate surface area is 141 Å². The van der Waals surface area contributed by atoms with Crippen LogP contribution in [-0.4, -0.2) is 52.9 Å². The number of nitrogens with one attached hydrogen (secondary N) is 1. The summed E-state index contributed by atoms with van der Waals surface area (Å²) in [5, 5.41) is 0. The molecule has 1 fully saturated rings. The van der Waals surface area contributed by atoms with Crippen LogP contribution in [0.15, 0.2) is 47.7 Å². The topological polar surface area (TPSA) is 69.3 Å². The Bertz CT molecular complexity index is 759. The average Bonchev–Trinajstić information content (AvgIpc) is 2.96. The third-order valence-electron chi connectivity index (χ3n) is 4.70. The Kier molecular flexibility index (Phi) is 4.76. The van der Waals surface area contributed by atoms with E-state index in [0.29, 0.717) is 12.5 Å². The number of aromatic nitrogens is 2. The van der Waals surface area contributed by atoms with E-state index >= 15 is 0 Å². The number of rotatable bonds is 4. The molecule has 0 bridgehead atoms. The van der Waals surface area contributed by atoms with Gasteiger partial charge < -0.3 is 9.88 Å². The van der Waals surface area contributed by atoms with Crippen molar-refractivity contribution in [3.8, 4) is 0 Å². The van der Waals surface area contributed by atoms with Crippen LogP contribution in [0.3, 0.4) is 0 Å². The summed E-state index contributed by atoms with van der Waals surface area (Å²) in [4.78, 5) is 35.1. The summed E-state index contributed by atoms with van der Waals surface area (Å²) in [6.45, 7) is 1.59. The third kappa shape index (κ3) is 3.23. The van der Waals surface area contributed by atoms with Crippen molar-refractivity contribution in [2.45, 2.75) is 12.5 Å². The highest BCUT2D eigenvalue weighted by atomic mass is 16.2. The molecule has 0 saturated carbocycles. The maximum Gasteiger partial charge on any atom is 0.260 e. The van der Waals surface area contributed by atoms with Gasteiger partial charge in [-0.1, -0.05) is 6.07 Å². The van der Waals surface area contributed by atoms with Gasteiger partial charge in [0.25, 0.3) is 11.5 Å². The van der Waals surface area contributed by atoms with Gasteiger partial charge in [-0.25, -0.2) is 0 Å². The summed E-state index contributed by atoms with van der Waals surface area (Å²) < 4.78 is 0. The molecule has 0 unspecified atom stereocenters. The Morgan fingerprint density at radius 3 is 2.96 bits per heavy atom. The molecule has 2 atom stereocenters. The molecule has 0 spiro atoms. The Balaban J connectivity index is 1.76. The van der Waals surface area contributed by atoms with Crippen molar-refractivity contribution in [3.63, 3.8) is 0 Å². The summed E-state index contributed by atoms with van der Waals surface area (Å²) in [7, 11) is 3.86. The molecule has 0 aromatic carbocycles. The third-order valence-corrected chi connectivity index (χ3v) is 4.70. The summed E-state index contributed by atoms with van der Waals surface area (Å²) in [5.74, 6) is 0.0762. The minimum atomic E-state index is -0.346. The van der Waals surface area contributed by atoms with Crippen LogP contribution in [0.4, 0.5) is 0 Å². The van der Waals surface area contributed by atoms with E-state index in [1.54, 1.807) is 30.3 Å². The zero-order valence-electron chi connectivity index (χ0n) is 14.0. The van der Waals surface area contributed by atoms with Crippen LogP contribution >= 0.6 is 0 Å². The molecule has 1 aliphatic rings. The molecule has 1 N–H and O–H groups in total. The summed E-state index contributed by atoms with van der Waals surface area (Å²) in [6, 6.07) is 7.50. The van der Waals surface area contributed by atoms with E-state index in [2.05, 4.69) is 28.0 Å². The highest BCUT2D eigenvalue weighted by Gasteiger charge is 2.34. The quantitative estimate of drug-likeness (QED) is 0.925. The number of H-pyrrole nitrogens is 1. The minimum absolute atomic E-state index is 0.185. The van der Waals surface area contributed by atoms with E-state index in [4.69, 9.17) is 0 Å². The molecule has 2 aromatic heterocycles. The first-order valence-corrected chi connectivity index (χ1v) is 8.11. The maximum absolute atomic E-state index is 12.6. The maximum atomic E-state index is 12.6. The number of pyridine rings is 2. The molecule has 6 heteroatoms. The zero-order valence-corrected chi connectivity index (χ0v) is 14.0. The number of amides is 1. The molecule has 126 valence electrons. The SMILES string of the molecule is CN(C[C@@H]1CCN(C)[C@H]1c1cccnc1)C(=O)c1ccc[nH]c1=O. The highest BCUT2D eigenvalue weighted by Crippen LogP contribution is 2.36. The Morgan fingerprint density at radius 1 is 1.42 bits per heavy atom. The van der Waals surface area contributed by atoms with Gasteiger partial charge in [-0.3, -0.25) is 19.5 Å². The lowest BCUT2D eigenvalue weighted by Crippen LogP contribution is -2.36. The van der Waals surface area contributed by atoms with Gasteiger partial charge in [-0.05, 0) is 49.7 Å². The van der Waals surface area contributed by atoms with Crippen molar-refractivity contribution in [2.24, 2.45) is 5.92 Å². The number of hydrogen-bond acceptors (Lipinski definition) is 4. The first kappa shape index (κ1) is 16.4. The summed E-state index contributed by atoms with van der Waals surface area (Å²) in [5.41, 5.74) is 1.01. The van der Waals surface area contributed by atoms with Crippen molar-refractivity contribution in [3.05, 3.63) is 64.3 Å². The van der Waals surface area contributed by atoms with E-state index in [1.165, 1.54) is 11.8 Å². The normalized spacial score (nSPS) is 20.9. The summed E-state index contributed by atoms with van der Waals surface area (Å²) >= 11 is 0. The second-order valence-corrected chi connectivity index (χ2v) is 6.36. The van der Waals surface area contributed by atoms with Crippen LogP contribution in [0.25, 0.3) is 0 Å². The molecule has 2 aromatic rings. The molecule has 6 nitrogen and oxygen atoms in total. The molecule has 1 aliphatic heterocycles. The molecule has 3 rings (SSSR count). The molecule has 0 aliphatic carbocycles. The zero-order chi connectivity index (χ0) is 17.1. The molecule has 24 heavy (non-hydrogen) atoms. The van der Waals surface area contributed by atoms with Gasteiger partial charge in [0.05, 0.1) is 0 Å². The number of aromatic amines is 1. The van der Waals surface area contributed by atoms with Gasteiger partial charge in [0.1, 0.15) is 5.56 Å². The molecular weight excluding hydrogens is 304 g/mol. The fourth-order valence-electron chi connectivity index (χ4n) is 3.53. The van der Waals surface area contributed by atoms with Gasteiger partial charge in [0.2, 0.25) is 0 Å². The number of nitrogens with zero attached hydrogens (tertiary/aromatic N) is 3. The second-order valence-electron chi connectivity index (χ2n) is 6.36. The predicted molar refractivity (Wildman–Crippen MR) is 91.7 cm³/mol. The van der Waals surface area contributed by atoms with Gasteiger partial charge in [0.15, 0.2) is 0 Å². The fourth-order valence-corrected chi connectivity index (χ4v) is 3.53. The van der Waals surface area contributed by atoms with Gasteiger partial charge in [-0.15, -0.1) is 0 Å². The van der Waals surface area contributed by atoms with E-state index in [9.17, 15) is 9.59 Å². The van der Waals surface area contributed by atoms with E-state index < -0.39 is 0 Å². The van der Waals surface area contributed by atoms with Crippen molar-refractivity contribution in [1.29, 1.82) is 0 Å². The molecule has 0 radical (unpaired) electrons. The van der Waals surface area contributed by atoms with E-state index in [0.717, 1.165) is 13.0 Å². The largest absolute Gasteiger partial charge is 0.341 e. The fraction of sp³-hybridized carbons (Fsp3) is 0.389. The lowest BCUT2D eigenvalue weighted by Gasteiger charge is -2.28. The van der Waals surface area contributed by atoms with Crippen molar-refractivity contribution < 1.29 is 4.79 Å². The molecule has 1 saturated heterocycles. The predicted octanol–water partition coefficient (Wildman–Crippen LogP) is 1.53. The van der Waals surface area contributed by atoms with Crippen molar-refractivity contribution in [1.82, 2.24) is 19.8 Å². The lowest BCUT2D eigenvalue weighted by molar-refractivity contribution is 0.0759. The summed E-state index contributed by atoms with van der Waals surface area (Å²) in [6.07, 6.45) is 6.20. The number of carbonyl (C=O) groups is 1. The monoisotopic (exact) mass is 326 g/mol. The molecule has 3 heterocycles. The van der Waals surface area contributed by atoms with Gasteiger partial charge in [0, 0.05) is 38.2 Å². The van der Waals surface area contributed by atoms with Crippen molar-refractivity contribution >= 4 is 5.91 Å². The number of carbonyl (C=O) groups excluding carboxylic acids is 1. The van der Waals surface area contributed by atoms with E-state index in [-0.39, 0.29) is 23.1 Å². The van der Waals surface area contributed by atoms with Crippen LogP contribution < -0.4 is 5.56 Å². The van der Waals surface area contributed by atoms with Crippen LogP contribution in [0.1, 0.15) is 28.4 Å². The van der Waals surface area contributed by atoms with E-state index in [1.807, 2.05) is 12.3 Å². The van der Waals surface area contributed by atoms with Crippen LogP contribution in [0.2, 0.25) is 0 Å². The smallest absolute Gasteiger partial charge is 0.260 e. The van der Waals surface area contributed by atoms with Gasteiger partial charge >= 0.3 is 0 Å². The van der Waals surface area contributed by atoms with Crippen molar-refractivity contribution in [2.75, 3.05) is 27.2 Å². The lowest BCUT2D eigenvalue weighted by atomic mass is 9.94. The van der Waals surface area contributed by atoms with Crippen LogP contribution in [0, 0.1) is 5.92 Å². The first-order valence-electron chi connectivity index (χ1n) is 8.11. The van der Waals surface area contributed by atoms with Crippen LogP contribution in [-0.2, 0) is 0 Å². The number of hydrogen-bond donors (Lipinski definition) is 1. The van der Waals surface area contributed by atoms with Gasteiger partial charge in [-0.2, -0.15) is 0 Å². The Hall–Kier alpha value is -2.47. The standard InChI is InChI=1S/C18H22N4O2/c1-21-10-7-14(16(21)13-5-3-8-19-11-13)12-22(2)18(24)15-6-4-9-20-17(15)23/h3-6,8-9,11,14,16H,7,10,12H2,1-2H3,(H,20,23)/t14-,16-/m0/s1. The average molecular weight is 326 g/mol. The second kappa shape index (κ2) is 6.97. The highest BCUT2D eigenvalue weighted by molar-refractivity contribution is 5.93. The molecular formula is C18H22N4O2. The Morgan fingerprint density at radius 2 is 2.25 bits per heavy atom.